The summed E-state index contributed by atoms with van der Waals surface area (Å²) in [5, 5.41) is 3.09. The molecule has 0 aromatic heterocycles. The molecule has 0 unspecified atom stereocenters. The molecule has 4 nitrogen and oxygen atoms in total. The van der Waals surface area contributed by atoms with E-state index in [1.807, 2.05) is 23.1 Å². The number of piperidine rings is 1. The topological polar surface area (TPSA) is 35.6 Å². The fraction of sp³-hybridized carbons (Fsp3) is 0.381. The smallest absolute Gasteiger partial charge is 0.322 e. The Balaban J connectivity index is 1.41. The summed E-state index contributed by atoms with van der Waals surface area (Å²) < 4.78 is 0. The predicted molar refractivity (Wildman–Crippen MR) is 102 cm³/mol. The van der Waals surface area contributed by atoms with Gasteiger partial charge in [-0.1, -0.05) is 35.9 Å². The first kappa shape index (κ1) is 16.0. The fourth-order valence-electron chi connectivity index (χ4n) is 3.93. The van der Waals surface area contributed by atoms with Crippen molar-refractivity contribution < 1.29 is 4.79 Å². The van der Waals surface area contributed by atoms with Crippen LogP contribution < -0.4 is 10.2 Å². The van der Waals surface area contributed by atoms with Crippen LogP contribution in [0.2, 0.25) is 0 Å². The first-order valence-corrected chi connectivity index (χ1v) is 9.18. The summed E-state index contributed by atoms with van der Waals surface area (Å²) in [5.41, 5.74) is 4.78. The number of amides is 2. The minimum atomic E-state index is 0.0544. The van der Waals surface area contributed by atoms with Gasteiger partial charge in [0.2, 0.25) is 0 Å². The van der Waals surface area contributed by atoms with Crippen LogP contribution in [0.15, 0.2) is 48.5 Å². The molecule has 0 spiro atoms. The Bertz CT molecular complexity index is 748. The standard InChI is InChI=1S/C21H25N3O/c1-16-6-8-18(9-7-16)23-13-11-19(12-14-23)24-15-10-17-4-2-3-5-20(17)22-21(24)25/h2-9,19H,10-15H2,1H3,(H,22,25). The predicted octanol–water partition coefficient (Wildman–Crippen LogP) is 4.05. The highest BCUT2D eigenvalue weighted by molar-refractivity contribution is 5.91. The molecule has 2 aliphatic rings. The van der Waals surface area contributed by atoms with E-state index in [1.165, 1.54) is 16.8 Å². The highest BCUT2D eigenvalue weighted by atomic mass is 16.2. The van der Waals surface area contributed by atoms with Crippen molar-refractivity contribution in [3.05, 3.63) is 59.7 Å². The van der Waals surface area contributed by atoms with Gasteiger partial charge in [-0.15, -0.1) is 0 Å². The number of carbonyl (C=O) groups is 1. The summed E-state index contributed by atoms with van der Waals surface area (Å²) in [7, 11) is 0. The van der Waals surface area contributed by atoms with Crippen LogP contribution in [0.5, 0.6) is 0 Å². The minimum absolute atomic E-state index is 0.0544. The number of aryl methyl sites for hydroxylation is 1. The van der Waals surface area contributed by atoms with Gasteiger partial charge >= 0.3 is 6.03 Å². The van der Waals surface area contributed by atoms with Crippen molar-refractivity contribution in [3.63, 3.8) is 0 Å². The van der Waals surface area contributed by atoms with Crippen LogP contribution in [-0.4, -0.2) is 36.6 Å². The second-order valence-electron chi connectivity index (χ2n) is 7.08. The summed E-state index contributed by atoms with van der Waals surface area (Å²) in [6.45, 7) is 4.93. The van der Waals surface area contributed by atoms with Gasteiger partial charge in [0.15, 0.2) is 0 Å². The zero-order valence-electron chi connectivity index (χ0n) is 14.7. The number of anilines is 2. The van der Waals surface area contributed by atoms with Gasteiger partial charge in [-0.25, -0.2) is 4.79 Å². The average molecular weight is 335 g/mol. The normalized spacial score (nSPS) is 18.5. The number of carbonyl (C=O) groups excluding carboxylic acids is 1. The number of para-hydroxylation sites is 1. The average Bonchev–Trinajstić information content (AvgIpc) is 2.81. The first-order chi connectivity index (χ1) is 12.2. The van der Waals surface area contributed by atoms with E-state index in [9.17, 15) is 4.79 Å². The Labute approximate surface area is 149 Å². The van der Waals surface area contributed by atoms with Crippen molar-refractivity contribution in [2.24, 2.45) is 0 Å². The molecule has 0 atom stereocenters. The number of hydrogen-bond acceptors (Lipinski definition) is 2. The molecule has 0 saturated carbocycles. The maximum atomic E-state index is 12.7. The molecule has 4 heteroatoms. The maximum Gasteiger partial charge on any atom is 0.322 e. The van der Waals surface area contributed by atoms with Crippen LogP contribution in [0.4, 0.5) is 16.2 Å². The van der Waals surface area contributed by atoms with Crippen LogP contribution in [0, 0.1) is 6.92 Å². The SMILES string of the molecule is Cc1ccc(N2CCC(N3CCc4ccccc4NC3=O)CC2)cc1. The van der Waals surface area contributed by atoms with E-state index in [2.05, 4.69) is 47.5 Å². The van der Waals surface area contributed by atoms with Crippen LogP contribution in [0.3, 0.4) is 0 Å². The fourth-order valence-corrected chi connectivity index (χ4v) is 3.93. The van der Waals surface area contributed by atoms with Gasteiger partial charge in [-0.05, 0) is 49.9 Å². The van der Waals surface area contributed by atoms with Crippen molar-refractivity contribution in [1.82, 2.24) is 4.90 Å². The summed E-state index contributed by atoms with van der Waals surface area (Å²) >= 11 is 0. The number of benzene rings is 2. The second-order valence-corrected chi connectivity index (χ2v) is 7.08. The minimum Gasteiger partial charge on any atom is -0.371 e. The number of urea groups is 1. The molecule has 4 rings (SSSR count). The van der Waals surface area contributed by atoms with Crippen molar-refractivity contribution in [3.8, 4) is 0 Å². The number of hydrogen-bond donors (Lipinski definition) is 1. The van der Waals surface area contributed by atoms with E-state index >= 15 is 0 Å². The number of fused-ring (bicyclic) bond motifs is 1. The van der Waals surface area contributed by atoms with Gasteiger partial charge < -0.3 is 15.1 Å². The molecule has 0 bridgehead atoms. The molecule has 2 aliphatic heterocycles. The third kappa shape index (κ3) is 3.34. The monoisotopic (exact) mass is 335 g/mol. The Morgan fingerprint density at radius 2 is 1.68 bits per heavy atom. The molecule has 0 aliphatic carbocycles. The summed E-state index contributed by atoms with van der Waals surface area (Å²) in [5.74, 6) is 0. The van der Waals surface area contributed by atoms with Gasteiger partial charge in [0.1, 0.15) is 0 Å². The van der Waals surface area contributed by atoms with Gasteiger partial charge in [-0.3, -0.25) is 0 Å². The van der Waals surface area contributed by atoms with Crippen molar-refractivity contribution in [2.45, 2.75) is 32.2 Å². The van der Waals surface area contributed by atoms with E-state index in [4.69, 9.17) is 0 Å². The summed E-state index contributed by atoms with van der Waals surface area (Å²) in [6.07, 6.45) is 2.97. The maximum absolute atomic E-state index is 12.7. The lowest BCUT2D eigenvalue weighted by atomic mass is 10.0. The molecule has 1 saturated heterocycles. The number of nitrogens with zero attached hydrogens (tertiary/aromatic N) is 2. The molecular weight excluding hydrogens is 310 g/mol. The molecule has 2 aromatic carbocycles. The van der Waals surface area contributed by atoms with Crippen molar-refractivity contribution in [1.29, 1.82) is 0 Å². The van der Waals surface area contributed by atoms with E-state index in [1.54, 1.807) is 0 Å². The van der Waals surface area contributed by atoms with Gasteiger partial charge in [-0.2, -0.15) is 0 Å². The van der Waals surface area contributed by atoms with E-state index < -0.39 is 0 Å². The van der Waals surface area contributed by atoms with E-state index in [0.717, 1.165) is 44.6 Å². The van der Waals surface area contributed by atoms with E-state index in [0.29, 0.717) is 6.04 Å². The first-order valence-electron chi connectivity index (χ1n) is 9.18. The van der Waals surface area contributed by atoms with Crippen LogP contribution >= 0.6 is 0 Å². The summed E-state index contributed by atoms with van der Waals surface area (Å²) in [6, 6.07) is 17.2. The Hall–Kier alpha value is -2.49. The molecular formula is C21H25N3O. The zero-order valence-corrected chi connectivity index (χ0v) is 14.7. The quantitative estimate of drug-likeness (QED) is 0.898. The Morgan fingerprint density at radius 3 is 2.44 bits per heavy atom. The molecule has 1 N–H and O–H groups in total. The zero-order chi connectivity index (χ0) is 17.2. The van der Waals surface area contributed by atoms with Gasteiger partial charge in [0.05, 0.1) is 0 Å². The third-order valence-corrected chi connectivity index (χ3v) is 5.45. The molecule has 2 heterocycles. The molecule has 0 radical (unpaired) electrons. The number of nitrogens with one attached hydrogen (secondary N) is 1. The van der Waals surface area contributed by atoms with Crippen LogP contribution in [0.1, 0.15) is 24.0 Å². The van der Waals surface area contributed by atoms with Crippen molar-refractivity contribution >= 4 is 17.4 Å². The third-order valence-electron chi connectivity index (χ3n) is 5.45. The number of rotatable bonds is 2. The molecule has 1 fully saturated rings. The molecule has 2 amide bonds. The lowest BCUT2D eigenvalue weighted by Gasteiger charge is -2.39. The lowest BCUT2D eigenvalue weighted by molar-refractivity contribution is 0.177. The molecule has 130 valence electrons. The summed E-state index contributed by atoms with van der Waals surface area (Å²) in [4.78, 5) is 17.1. The molecule has 25 heavy (non-hydrogen) atoms. The van der Waals surface area contributed by atoms with Crippen molar-refractivity contribution in [2.75, 3.05) is 29.9 Å². The highest BCUT2D eigenvalue weighted by Gasteiger charge is 2.29. The highest BCUT2D eigenvalue weighted by Crippen LogP contribution is 2.26. The van der Waals surface area contributed by atoms with Crippen LogP contribution in [-0.2, 0) is 6.42 Å². The van der Waals surface area contributed by atoms with Gasteiger partial charge in [0.25, 0.3) is 0 Å². The molecule has 2 aromatic rings. The van der Waals surface area contributed by atoms with E-state index in [-0.39, 0.29) is 6.03 Å². The Kier molecular flexibility index (Phi) is 4.35. The Morgan fingerprint density at radius 1 is 0.960 bits per heavy atom. The van der Waals surface area contributed by atoms with Crippen LogP contribution in [0.25, 0.3) is 0 Å². The largest absolute Gasteiger partial charge is 0.371 e. The lowest BCUT2D eigenvalue weighted by Crippen LogP contribution is -2.48. The van der Waals surface area contributed by atoms with Gasteiger partial charge in [0, 0.05) is 37.1 Å². The second kappa shape index (κ2) is 6.79.